The first-order valence-corrected chi connectivity index (χ1v) is 12.4. The van der Waals surface area contributed by atoms with Crippen molar-refractivity contribution >= 4 is 38.5 Å². The van der Waals surface area contributed by atoms with Gasteiger partial charge in [0.2, 0.25) is 0 Å². The molecule has 0 saturated carbocycles. The van der Waals surface area contributed by atoms with E-state index in [0.717, 1.165) is 65.6 Å². The number of fused-ring (bicyclic) bond motifs is 1. The summed E-state index contributed by atoms with van der Waals surface area (Å²) < 4.78 is 1.07. The Hall–Kier alpha value is -3.10. The molecule has 0 bridgehead atoms. The van der Waals surface area contributed by atoms with Crippen molar-refractivity contribution in [3.05, 3.63) is 82.5 Å². The van der Waals surface area contributed by atoms with Crippen molar-refractivity contribution in [1.82, 2.24) is 24.8 Å². The molecule has 174 valence electrons. The fourth-order valence-corrected chi connectivity index (χ4v) is 4.79. The molecule has 1 N–H and O–H groups in total. The van der Waals surface area contributed by atoms with Gasteiger partial charge in [-0.25, -0.2) is 15.0 Å². The molecule has 1 saturated heterocycles. The minimum atomic E-state index is 0.0997. The standard InChI is InChI=1S/C26H28BrN7/c1-18(21-6-3-7-22(27)13-21)30-26-23-14-25(29-16-24(23)31-19(2)32-26)34-11-9-33(10-12-34)17-20-5-4-8-28-15-20/h3-8,13-16,18H,9-12,17H2,1-2H3,(H,30,31,32)/t18-/m1/s1. The fraction of sp³-hybridized carbons (Fsp3) is 0.308. The highest BCUT2D eigenvalue weighted by atomic mass is 79.9. The number of nitrogens with zero attached hydrogens (tertiary/aromatic N) is 6. The van der Waals surface area contributed by atoms with E-state index in [1.54, 1.807) is 0 Å². The summed E-state index contributed by atoms with van der Waals surface area (Å²) >= 11 is 3.57. The van der Waals surface area contributed by atoms with E-state index in [2.05, 4.69) is 78.3 Å². The van der Waals surface area contributed by atoms with Crippen molar-refractivity contribution < 1.29 is 0 Å². The smallest absolute Gasteiger partial charge is 0.138 e. The van der Waals surface area contributed by atoms with Crippen LogP contribution in [0.2, 0.25) is 0 Å². The van der Waals surface area contributed by atoms with Crippen molar-refractivity contribution in [3.8, 4) is 0 Å². The minimum absolute atomic E-state index is 0.0997. The summed E-state index contributed by atoms with van der Waals surface area (Å²) in [6.45, 7) is 8.85. The molecule has 1 aromatic carbocycles. The Labute approximate surface area is 208 Å². The van der Waals surface area contributed by atoms with Gasteiger partial charge in [-0.05, 0) is 49.2 Å². The van der Waals surface area contributed by atoms with Gasteiger partial charge < -0.3 is 10.2 Å². The molecule has 5 rings (SSSR count). The molecule has 0 unspecified atom stereocenters. The normalized spacial score (nSPS) is 15.4. The molecule has 1 aliphatic rings. The van der Waals surface area contributed by atoms with Crippen LogP contribution < -0.4 is 10.2 Å². The third-order valence-corrected chi connectivity index (χ3v) is 6.70. The molecule has 7 nitrogen and oxygen atoms in total. The average Bonchev–Trinajstić information content (AvgIpc) is 2.85. The molecular formula is C26H28BrN7. The summed E-state index contributed by atoms with van der Waals surface area (Å²) in [5.74, 6) is 2.54. The first kappa shape index (κ1) is 22.7. The van der Waals surface area contributed by atoms with Gasteiger partial charge in [-0.1, -0.05) is 34.1 Å². The van der Waals surface area contributed by atoms with Gasteiger partial charge in [0.15, 0.2) is 0 Å². The molecule has 1 aliphatic heterocycles. The van der Waals surface area contributed by atoms with Crippen LogP contribution in [0.5, 0.6) is 0 Å². The lowest BCUT2D eigenvalue weighted by Gasteiger charge is -2.35. The Morgan fingerprint density at radius 2 is 1.88 bits per heavy atom. The number of aryl methyl sites for hydroxylation is 1. The van der Waals surface area contributed by atoms with Gasteiger partial charge in [-0.3, -0.25) is 9.88 Å². The van der Waals surface area contributed by atoms with Gasteiger partial charge in [-0.2, -0.15) is 0 Å². The van der Waals surface area contributed by atoms with Gasteiger partial charge >= 0.3 is 0 Å². The van der Waals surface area contributed by atoms with E-state index in [0.29, 0.717) is 0 Å². The van der Waals surface area contributed by atoms with Gasteiger partial charge in [0.05, 0.1) is 17.8 Å². The summed E-state index contributed by atoms with van der Waals surface area (Å²) in [5, 5.41) is 4.60. The second kappa shape index (κ2) is 10.0. The monoisotopic (exact) mass is 517 g/mol. The predicted octanol–water partition coefficient (Wildman–Crippen LogP) is 4.99. The topological polar surface area (TPSA) is 70.1 Å². The molecule has 34 heavy (non-hydrogen) atoms. The number of hydrogen-bond donors (Lipinski definition) is 1. The number of benzene rings is 1. The summed E-state index contributed by atoms with van der Waals surface area (Å²) in [4.78, 5) is 23.2. The van der Waals surface area contributed by atoms with Crippen LogP contribution in [0.25, 0.3) is 10.9 Å². The number of rotatable bonds is 6. The molecule has 4 aromatic rings. The van der Waals surface area contributed by atoms with Gasteiger partial charge in [0.25, 0.3) is 0 Å². The van der Waals surface area contributed by atoms with E-state index in [-0.39, 0.29) is 6.04 Å². The SMILES string of the molecule is Cc1nc(N[C@H](C)c2cccc(Br)c2)c2cc(N3CCN(Cc4cccnc4)CC3)ncc2n1. The third kappa shape index (κ3) is 5.18. The first-order chi connectivity index (χ1) is 16.5. The van der Waals surface area contributed by atoms with Crippen LogP contribution in [0.3, 0.4) is 0 Å². The van der Waals surface area contributed by atoms with Crippen LogP contribution in [0.15, 0.2) is 65.5 Å². The number of halogens is 1. The van der Waals surface area contributed by atoms with Gasteiger partial charge in [-0.15, -0.1) is 0 Å². The van der Waals surface area contributed by atoms with Crippen LogP contribution in [-0.4, -0.2) is 51.0 Å². The minimum Gasteiger partial charge on any atom is -0.363 e. The largest absolute Gasteiger partial charge is 0.363 e. The molecule has 4 heterocycles. The maximum atomic E-state index is 4.74. The average molecular weight is 518 g/mol. The van der Waals surface area contributed by atoms with E-state index in [4.69, 9.17) is 9.97 Å². The molecule has 1 fully saturated rings. The van der Waals surface area contributed by atoms with E-state index in [1.165, 1.54) is 11.1 Å². The highest BCUT2D eigenvalue weighted by Crippen LogP contribution is 2.28. The molecular weight excluding hydrogens is 490 g/mol. The Morgan fingerprint density at radius 1 is 1.03 bits per heavy atom. The third-order valence-electron chi connectivity index (χ3n) is 6.21. The zero-order valence-electron chi connectivity index (χ0n) is 19.4. The first-order valence-electron chi connectivity index (χ1n) is 11.6. The zero-order chi connectivity index (χ0) is 23.5. The maximum absolute atomic E-state index is 4.74. The van der Waals surface area contributed by atoms with Crippen molar-refractivity contribution in [2.24, 2.45) is 0 Å². The Balaban J connectivity index is 1.34. The highest BCUT2D eigenvalue weighted by Gasteiger charge is 2.20. The Kier molecular flexibility index (Phi) is 6.69. The molecule has 0 amide bonds. The maximum Gasteiger partial charge on any atom is 0.138 e. The zero-order valence-corrected chi connectivity index (χ0v) is 21.0. The van der Waals surface area contributed by atoms with E-state index < -0.39 is 0 Å². The van der Waals surface area contributed by atoms with E-state index >= 15 is 0 Å². The lowest BCUT2D eigenvalue weighted by Crippen LogP contribution is -2.46. The Morgan fingerprint density at radius 3 is 2.65 bits per heavy atom. The molecule has 0 aliphatic carbocycles. The van der Waals surface area contributed by atoms with Crippen LogP contribution in [0.1, 0.15) is 29.9 Å². The lowest BCUT2D eigenvalue weighted by atomic mass is 10.1. The summed E-state index contributed by atoms with van der Waals surface area (Å²) in [6, 6.07) is 14.7. The van der Waals surface area contributed by atoms with Crippen LogP contribution in [-0.2, 0) is 6.54 Å². The van der Waals surface area contributed by atoms with Crippen LogP contribution in [0.4, 0.5) is 11.6 Å². The summed E-state index contributed by atoms with van der Waals surface area (Å²) in [7, 11) is 0. The lowest BCUT2D eigenvalue weighted by molar-refractivity contribution is 0.249. The Bertz CT molecular complexity index is 1270. The van der Waals surface area contributed by atoms with Crippen molar-refractivity contribution in [1.29, 1.82) is 0 Å². The molecule has 8 heteroatoms. The van der Waals surface area contributed by atoms with Gasteiger partial charge in [0.1, 0.15) is 17.5 Å². The van der Waals surface area contributed by atoms with Gasteiger partial charge in [0, 0.05) is 55.0 Å². The van der Waals surface area contributed by atoms with Crippen LogP contribution in [0, 0.1) is 6.92 Å². The van der Waals surface area contributed by atoms with Crippen molar-refractivity contribution in [2.75, 3.05) is 36.4 Å². The van der Waals surface area contributed by atoms with Crippen molar-refractivity contribution in [3.63, 3.8) is 0 Å². The van der Waals surface area contributed by atoms with E-state index in [1.807, 2.05) is 37.6 Å². The molecule has 1 atom stereocenters. The van der Waals surface area contributed by atoms with E-state index in [9.17, 15) is 0 Å². The van der Waals surface area contributed by atoms with Crippen molar-refractivity contribution in [2.45, 2.75) is 26.4 Å². The number of nitrogens with one attached hydrogen (secondary N) is 1. The summed E-state index contributed by atoms with van der Waals surface area (Å²) in [6.07, 6.45) is 5.64. The molecule has 0 spiro atoms. The summed E-state index contributed by atoms with van der Waals surface area (Å²) in [5.41, 5.74) is 3.30. The second-order valence-corrected chi connectivity index (χ2v) is 9.64. The number of aromatic nitrogens is 4. The second-order valence-electron chi connectivity index (χ2n) is 8.72. The number of anilines is 2. The molecule has 3 aromatic heterocycles. The fourth-order valence-electron chi connectivity index (χ4n) is 4.37. The highest BCUT2D eigenvalue weighted by molar-refractivity contribution is 9.10. The number of piperazine rings is 1. The number of hydrogen-bond acceptors (Lipinski definition) is 7. The quantitative estimate of drug-likeness (QED) is 0.386. The van der Waals surface area contributed by atoms with Crippen LogP contribution >= 0.6 is 15.9 Å². The number of pyridine rings is 2. The predicted molar refractivity (Wildman–Crippen MR) is 140 cm³/mol. The molecule has 0 radical (unpaired) electrons.